The van der Waals surface area contributed by atoms with Crippen molar-refractivity contribution in [2.75, 3.05) is 10.0 Å². The molecule has 0 radical (unpaired) electrons. The Bertz CT molecular complexity index is 1570. The summed E-state index contributed by atoms with van der Waals surface area (Å²) in [6.45, 7) is 3.36. The molecule has 1 amide bonds. The number of nitrogens with one attached hydrogen (secondary N) is 3. The quantitative estimate of drug-likeness (QED) is 0.398. The summed E-state index contributed by atoms with van der Waals surface area (Å²) < 4.78 is 29.9. The molecule has 0 aliphatic rings. The van der Waals surface area contributed by atoms with Crippen LogP contribution in [-0.2, 0) is 17.1 Å². The highest BCUT2D eigenvalue weighted by Crippen LogP contribution is 2.25. The first-order valence-corrected chi connectivity index (χ1v) is 11.7. The van der Waals surface area contributed by atoms with Crippen molar-refractivity contribution in [1.82, 2.24) is 14.8 Å². The van der Waals surface area contributed by atoms with Gasteiger partial charge in [-0.15, -0.1) is 0 Å². The van der Waals surface area contributed by atoms with E-state index in [2.05, 4.69) is 20.1 Å². The van der Waals surface area contributed by atoms with Gasteiger partial charge in [-0.05, 0) is 55.8 Å². The third kappa shape index (κ3) is 4.48. The Morgan fingerprint density at radius 1 is 1.09 bits per heavy atom. The number of aryl methyl sites for hydroxylation is 3. The number of H-pyrrole nitrogens is 1. The van der Waals surface area contributed by atoms with E-state index in [1.807, 2.05) is 0 Å². The molecule has 0 unspecified atom stereocenters. The van der Waals surface area contributed by atoms with Crippen LogP contribution in [-0.4, -0.2) is 29.1 Å². The van der Waals surface area contributed by atoms with E-state index in [0.717, 1.165) is 0 Å². The van der Waals surface area contributed by atoms with Crippen molar-refractivity contribution < 1.29 is 13.2 Å². The van der Waals surface area contributed by atoms with Gasteiger partial charge >= 0.3 is 0 Å². The Morgan fingerprint density at radius 2 is 1.85 bits per heavy atom. The van der Waals surface area contributed by atoms with Crippen LogP contribution in [0.25, 0.3) is 11.0 Å². The molecule has 0 bridgehead atoms. The van der Waals surface area contributed by atoms with Crippen molar-refractivity contribution in [2.24, 2.45) is 7.05 Å². The molecule has 170 valence electrons. The first kappa shape index (κ1) is 22.6. The topological polar surface area (TPSA) is 126 Å². The molecule has 2 aromatic heterocycles. The lowest BCUT2D eigenvalue weighted by molar-refractivity contribution is 0.102. The Kier molecular flexibility index (Phi) is 5.73. The van der Waals surface area contributed by atoms with E-state index in [0.29, 0.717) is 27.6 Å². The number of amides is 1. The van der Waals surface area contributed by atoms with Crippen molar-refractivity contribution in [1.29, 1.82) is 0 Å². The van der Waals surface area contributed by atoms with Gasteiger partial charge in [0.25, 0.3) is 21.5 Å². The third-order valence-electron chi connectivity index (χ3n) is 5.00. The van der Waals surface area contributed by atoms with Crippen LogP contribution in [0.1, 0.15) is 21.6 Å². The van der Waals surface area contributed by atoms with Gasteiger partial charge in [-0.2, -0.15) is 0 Å². The van der Waals surface area contributed by atoms with E-state index in [1.165, 1.54) is 22.9 Å². The molecule has 2 heterocycles. The molecular formula is C22H20ClN5O4S. The summed E-state index contributed by atoms with van der Waals surface area (Å²) >= 11 is 5.94. The number of rotatable bonds is 5. The molecule has 0 fully saturated rings. The second kappa shape index (κ2) is 8.38. The molecular weight excluding hydrogens is 466 g/mol. The number of hydrogen-bond acceptors (Lipinski definition) is 5. The minimum Gasteiger partial charge on any atom is -0.322 e. The summed E-state index contributed by atoms with van der Waals surface area (Å²) in [7, 11) is -2.33. The number of carbonyl (C=O) groups excluding carboxylic acids is 1. The second-order valence-corrected chi connectivity index (χ2v) is 9.65. The smallest absolute Gasteiger partial charge is 0.274 e. The number of sulfonamides is 1. The Morgan fingerprint density at radius 3 is 2.58 bits per heavy atom. The normalized spacial score (nSPS) is 11.5. The summed E-state index contributed by atoms with van der Waals surface area (Å²) in [4.78, 5) is 29.7. The van der Waals surface area contributed by atoms with Gasteiger partial charge in [0.2, 0.25) is 0 Å². The summed E-state index contributed by atoms with van der Waals surface area (Å²) in [6, 6.07) is 12.4. The van der Waals surface area contributed by atoms with Crippen LogP contribution in [0.5, 0.6) is 0 Å². The Labute approximate surface area is 194 Å². The van der Waals surface area contributed by atoms with Gasteiger partial charge in [-0.25, -0.2) is 13.4 Å². The SMILES string of the molecule is Cc1cc(C(=O)Nc2ccc(C)c(S(=O)(=O)Nc3cccc(Cl)c3)c2)c2c(=O)[nH]n(C)c2n1. The van der Waals surface area contributed by atoms with Gasteiger partial charge in [-0.3, -0.25) is 24.1 Å². The van der Waals surface area contributed by atoms with E-state index in [9.17, 15) is 18.0 Å². The number of aromatic amines is 1. The summed E-state index contributed by atoms with van der Waals surface area (Å²) in [5.41, 5.74) is 1.66. The zero-order valence-electron chi connectivity index (χ0n) is 17.9. The fraction of sp³-hybridized carbons (Fsp3) is 0.136. The summed E-state index contributed by atoms with van der Waals surface area (Å²) in [5.74, 6) is -0.558. The van der Waals surface area contributed by atoms with Crippen LogP contribution >= 0.6 is 11.6 Å². The third-order valence-corrected chi connectivity index (χ3v) is 6.76. The van der Waals surface area contributed by atoms with Crippen LogP contribution in [0.2, 0.25) is 5.02 Å². The minimum atomic E-state index is -3.96. The van der Waals surface area contributed by atoms with Gasteiger partial charge < -0.3 is 5.32 Å². The number of halogens is 1. The predicted molar refractivity (Wildman–Crippen MR) is 127 cm³/mol. The van der Waals surface area contributed by atoms with Crippen LogP contribution in [0.15, 0.2) is 58.2 Å². The molecule has 4 rings (SSSR count). The van der Waals surface area contributed by atoms with E-state index < -0.39 is 21.5 Å². The maximum absolute atomic E-state index is 13.0. The molecule has 33 heavy (non-hydrogen) atoms. The fourth-order valence-corrected chi connectivity index (χ4v) is 5.00. The monoisotopic (exact) mass is 485 g/mol. The lowest BCUT2D eigenvalue weighted by Gasteiger charge is -2.13. The molecule has 0 saturated heterocycles. The second-order valence-electron chi connectivity index (χ2n) is 7.56. The zero-order valence-corrected chi connectivity index (χ0v) is 19.5. The standard InChI is InChI=1S/C22H20ClN5O4S/c1-12-7-8-15(11-18(12)33(31,32)27-16-6-4-5-14(23)10-16)25-21(29)17-9-13(2)24-20-19(17)22(30)26-28(20)3/h4-11,27H,1-3H3,(H,25,29)(H,26,30). The van der Waals surface area contributed by atoms with Crippen molar-refractivity contribution in [3.63, 3.8) is 0 Å². The molecule has 11 heteroatoms. The van der Waals surface area contributed by atoms with Crippen LogP contribution in [0.3, 0.4) is 0 Å². The van der Waals surface area contributed by atoms with Crippen molar-refractivity contribution >= 4 is 49.9 Å². The Balaban J connectivity index is 1.68. The first-order chi connectivity index (χ1) is 15.5. The van der Waals surface area contributed by atoms with Crippen molar-refractivity contribution in [3.05, 3.63) is 80.7 Å². The largest absolute Gasteiger partial charge is 0.322 e. The van der Waals surface area contributed by atoms with E-state index in [1.54, 1.807) is 51.2 Å². The number of aromatic nitrogens is 3. The van der Waals surface area contributed by atoms with Crippen molar-refractivity contribution in [2.45, 2.75) is 18.7 Å². The molecule has 0 spiro atoms. The van der Waals surface area contributed by atoms with Crippen LogP contribution in [0, 0.1) is 13.8 Å². The highest BCUT2D eigenvalue weighted by Gasteiger charge is 2.21. The summed E-state index contributed by atoms with van der Waals surface area (Å²) in [6.07, 6.45) is 0. The predicted octanol–water partition coefficient (Wildman–Crippen LogP) is 3.58. The van der Waals surface area contributed by atoms with Gasteiger partial charge in [0.05, 0.1) is 21.5 Å². The Hall–Kier alpha value is -3.63. The van der Waals surface area contributed by atoms with Crippen LogP contribution < -0.4 is 15.6 Å². The van der Waals surface area contributed by atoms with E-state index >= 15 is 0 Å². The maximum atomic E-state index is 13.0. The lowest BCUT2D eigenvalue weighted by atomic mass is 10.1. The number of anilines is 2. The maximum Gasteiger partial charge on any atom is 0.274 e. The number of pyridine rings is 1. The number of nitrogens with zero attached hydrogens (tertiary/aromatic N) is 2. The average Bonchev–Trinajstić information content (AvgIpc) is 3.01. The number of carbonyl (C=O) groups is 1. The van der Waals surface area contributed by atoms with E-state index in [4.69, 9.17) is 11.6 Å². The average molecular weight is 486 g/mol. The van der Waals surface area contributed by atoms with Gasteiger partial charge in [0.15, 0.2) is 5.65 Å². The molecule has 0 aliphatic heterocycles. The lowest BCUT2D eigenvalue weighted by Crippen LogP contribution is -2.17. The molecule has 0 atom stereocenters. The van der Waals surface area contributed by atoms with Crippen molar-refractivity contribution in [3.8, 4) is 0 Å². The fourth-order valence-electron chi connectivity index (χ4n) is 3.49. The zero-order chi connectivity index (χ0) is 23.9. The number of fused-ring (bicyclic) bond motifs is 1. The molecule has 3 N–H and O–H groups in total. The molecule has 9 nitrogen and oxygen atoms in total. The van der Waals surface area contributed by atoms with E-state index in [-0.39, 0.29) is 21.5 Å². The molecule has 0 aliphatic carbocycles. The van der Waals surface area contributed by atoms with Gasteiger partial charge in [0.1, 0.15) is 0 Å². The number of benzene rings is 2. The molecule has 4 aromatic rings. The highest BCUT2D eigenvalue weighted by molar-refractivity contribution is 7.92. The minimum absolute atomic E-state index is 0.00566. The first-order valence-electron chi connectivity index (χ1n) is 9.82. The summed E-state index contributed by atoms with van der Waals surface area (Å²) in [5, 5.41) is 5.82. The van der Waals surface area contributed by atoms with Gasteiger partial charge in [0, 0.05) is 23.5 Å². The van der Waals surface area contributed by atoms with Crippen LogP contribution in [0.4, 0.5) is 11.4 Å². The van der Waals surface area contributed by atoms with Gasteiger partial charge in [-0.1, -0.05) is 23.7 Å². The molecule has 0 saturated carbocycles. The highest BCUT2D eigenvalue weighted by atomic mass is 35.5. The molecule has 2 aromatic carbocycles. The number of hydrogen-bond donors (Lipinski definition) is 3.